The van der Waals surface area contributed by atoms with Crippen molar-refractivity contribution in [1.82, 2.24) is 14.7 Å². The lowest BCUT2D eigenvalue weighted by atomic mass is 10.3. The van der Waals surface area contributed by atoms with Crippen molar-refractivity contribution in [2.75, 3.05) is 19.7 Å². The van der Waals surface area contributed by atoms with Gasteiger partial charge in [0.25, 0.3) is 11.5 Å². The standard InChI is InChI=1S/C14H18F3N3O4/c1-3-7-20-11(21)6-5-10(18-20)13(23)19(9-14(15,16)17)8-12(22)24-4-2/h5-6H,3-4,7-9H2,1-2H3. The number of hydrogen-bond acceptors (Lipinski definition) is 5. The van der Waals surface area contributed by atoms with Gasteiger partial charge in [0.05, 0.1) is 6.61 Å². The van der Waals surface area contributed by atoms with Crippen molar-refractivity contribution in [3.63, 3.8) is 0 Å². The molecule has 0 aliphatic carbocycles. The van der Waals surface area contributed by atoms with Gasteiger partial charge in [-0.05, 0) is 19.4 Å². The van der Waals surface area contributed by atoms with E-state index in [1.54, 1.807) is 6.92 Å². The van der Waals surface area contributed by atoms with Gasteiger partial charge >= 0.3 is 12.1 Å². The number of ether oxygens (including phenoxy) is 1. The first-order valence-electron chi connectivity index (χ1n) is 7.27. The number of aromatic nitrogens is 2. The van der Waals surface area contributed by atoms with Gasteiger partial charge in [-0.3, -0.25) is 14.4 Å². The molecule has 1 aromatic rings. The van der Waals surface area contributed by atoms with Gasteiger partial charge in [-0.25, -0.2) is 4.68 Å². The summed E-state index contributed by atoms with van der Waals surface area (Å²) >= 11 is 0. The number of esters is 1. The maximum absolute atomic E-state index is 12.7. The van der Waals surface area contributed by atoms with Gasteiger partial charge < -0.3 is 9.64 Å². The van der Waals surface area contributed by atoms with Crippen LogP contribution in [0.4, 0.5) is 13.2 Å². The van der Waals surface area contributed by atoms with Crippen LogP contribution in [-0.4, -0.2) is 52.4 Å². The zero-order valence-corrected chi connectivity index (χ0v) is 13.3. The summed E-state index contributed by atoms with van der Waals surface area (Å²) in [6, 6.07) is 2.08. The molecule has 1 rings (SSSR count). The third kappa shape index (κ3) is 6.01. The number of aryl methyl sites for hydroxylation is 1. The van der Waals surface area contributed by atoms with Crippen LogP contribution in [0.5, 0.6) is 0 Å². The maximum Gasteiger partial charge on any atom is 0.406 e. The molecule has 0 radical (unpaired) electrons. The smallest absolute Gasteiger partial charge is 0.406 e. The fraction of sp³-hybridized carbons (Fsp3) is 0.571. The van der Waals surface area contributed by atoms with Crippen molar-refractivity contribution in [1.29, 1.82) is 0 Å². The Kier molecular flexibility index (Phi) is 6.93. The fourth-order valence-corrected chi connectivity index (χ4v) is 1.88. The third-order valence-electron chi connectivity index (χ3n) is 2.80. The molecule has 0 unspecified atom stereocenters. The molecular weight excluding hydrogens is 331 g/mol. The van der Waals surface area contributed by atoms with Crippen LogP contribution < -0.4 is 5.56 Å². The van der Waals surface area contributed by atoms with Gasteiger partial charge in [-0.15, -0.1) is 0 Å². The first-order valence-corrected chi connectivity index (χ1v) is 7.27. The van der Waals surface area contributed by atoms with Crippen LogP contribution in [0.2, 0.25) is 0 Å². The molecule has 0 atom stereocenters. The van der Waals surface area contributed by atoms with Gasteiger partial charge in [0.15, 0.2) is 0 Å². The minimum Gasteiger partial charge on any atom is -0.465 e. The second-order valence-electron chi connectivity index (χ2n) is 4.86. The normalized spacial score (nSPS) is 11.2. The van der Waals surface area contributed by atoms with E-state index in [1.165, 1.54) is 6.92 Å². The van der Waals surface area contributed by atoms with Crippen molar-refractivity contribution in [3.8, 4) is 0 Å². The van der Waals surface area contributed by atoms with E-state index in [2.05, 4.69) is 9.84 Å². The Labute approximate surface area is 136 Å². The molecule has 0 spiro atoms. The first-order chi connectivity index (χ1) is 11.2. The maximum atomic E-state index is 12.7. The van der Waals surface area contributed by atoms with E-state index in [4.69, 9.17) is 0 Å². The minimum atomic E-state index is -4.69. The number of carbonyl (C=O) groups excluding carboxylic acids is 2. The van der Waals surface area contributed by atoms with Gasteiger partial charge in [0.1, 0.15) is 18.8 Å². The topological polar surface area (TPSA) is 81.5 Å². The highest BCUT2D eigenvalue weighted by Gasteiger charge is 2.35. The van der Waals surface area contributed by atoms with Gasteiger partial charge in [-0.1, -0.05) is 6.92 Å². The van der Waals surface area contributed by atoms with Crippen LogP contribution >= 0.6 is 0 Å². The van der Waals surface area contributed by atoms with Gasteiger partial charge in [0.2, 0.25) is 0 Å². The molecule has 1 amide bonds. The van der Waals surface area contributed by atoms with Crippen LogP contribution in [0.15, 0.2) is 16.9 Å². The van der Waals surface area contributed by atoms with Crippen LogP contribution in [0.25, 0.3) is 0 Å². The molecule has 134 valence electrons. The monoisotopic (exact) mass is 349 g/mol. The van der Waals surface area contributed by atoms with Gasteiger partial charge in [0, 0.05) is 12.6 Å². The molecule has 0 aliphatic rings. The molecule has 0 bridgehead atoms. The SMILES string of the molecule is CCCn1nc(C(=O)N(CC(=O)OCC)CC(F)(F)F)ccc1=O. The number of amides is 1. The number of hydrogen-bond donors (Lipinski definition) is 0. The summed E-state index contributed by atoms with van der Waals surface area (Å²) in [4.78, 5) is 35.6. The molecule has 10 heteroatoms. The summed E-state index contributed by atoms with van der Waals surface area (Å²) < 4.78 is 43.5. The molecule has 0 saturated carbocycles. The molecule has 24 heavy (non-hydrogen) atoms. The average Bonchev–Trinajstić information content (AvgIpc) is 2.47. The van der Waals surface area contributed by atoms with Crippen LogP contribution in [0, 0.1) is 0 Å². The summed E-state index contributed by atoms with van der Waals surface area (Å²) in [6.07, 6.45) is -4.14. The number of halogens is 3. The largest absolute Gasteiger partial charge is 0.465 e. The van der Waals surface area contributed by atoms with Crippen molar-refractivity contribution in [2.24, 2.45) is 0 Å². The number of nitrogens with zero attached hydrogens (tertiary/aromatic N) is 3. The lowest BCUT2D eigenvalue weighted by Crippen LogP contribution is -2.43. The molecule has 7 nitrogen and oxygen atoms in total. The van der Waals surface area contributed by atoms with Crippen LogP contribution in [0.3, 0.4) is 0 Å². The molecule has 0 fully saturated rings. The summed E-state index contributed by atoms with van der Waals surface area (Å²) in [5.41, 5.74) is -0.822. The quantitative estimate of drug-likeness (QED) is 0.692. The lowest BCUT2D eigenvalue weighted by Gasteiger charge is -2.22. The molecule has 1 aromatic heterocycles. The summed E-state index contributed by atoms with van der Waals surface area (Å²) in [5.74, 6) is -2.07. The van der Waals surface area contributed by atoms with E-state index in [0.29, 0.717) is 11.3 Å². The van der Waals surface area contributed by atoms with Crippen molar-refractivity contribution in [2.45, 2.75) is 33.0 Å². The van der Waals surface area contributed by atoms with Crippen LogP contribution in [0.1, 0.15) is 30.8 Å². The molecule has 1 heterocycles. The number of carbonyl (C=O) groups is 2. The van der Waals surface area contributed by atoms with Gasteiger partial charge in [-0.2, -0.15) is 18.3 Å². The zero-order valence-electron chi connectivity index (χ0n) is 13.3. The Morgan fingerprint density at radius 2 is 1.96 bits per heavy atom. The van der Waals surface area contributed by atoms with E-state index in [-0.39, 0.29) is 18.8 Å². The predicted molar refractivity (Wildman–Crippen MR) is 77.4 cm³/mol. The van der Waals surface area contributed by atoms with Crippen molar-refractivity contribution < 1.29 is 27.5 Å². The summed E-state index contributed by atoms with van der Waals surface area (Å²) in [6.45, 7) is 0.985. The second-order valence-corrected chi connectivity index (χ2v) is 4.86. The van der Waals surface area contributed by atoms with E-state index in [9.17, 15) is 27.6 Å². The highest BCUT2D eigenvalue weighted by atomic mass is 19.4. The zero-order chi connectivity index (χ0) is 18.3. The molecule has 0 N–H and O–H groups in total. The van der Waals surface area contributed by atoms with Crippen molar-refractivity contribution in [3.05, 3.63) is 28.2 Å². The van der Waals surface area contributed by atoms with E-state index < -0.39 is 36.7 Å². The molecular formula is C14H18F3N3O4. The minimum absolute atomic E-state index is 0.0213. The van der Waals surface area contributed by atoms with E-state index in [1.807, 2.05) is 0 Å². The lowest BCUT2D eigenvalue weighted by molar-refractivity contribution is -0.153. The molecule has 0 aromatic carbocycles. The Morgan fingerprint density at radius 3 is 2.50 bits per heavy atom. The Hall–Kier alpha value is -2.39. The predicted octanol–water partition coefficient (Wildman–Crippen LogP) is 1.22. The Morgan fingerprint density at radius 1 is 1.29 bits per heavy atom. The first kappa shape index (κ1) is 19.7. The molecule has 0 aliphatic heterocycles. The highest BCUT2D eigenvalue weighted by molar-refractivity contribution is 5.94. The summed E-state index contributed by atoms with van der Waals surface area (Å²) in [5, 5.41) is 3.76. The van der Waals surface area contributed by atoms with Crippen molar-refractivity contribution >= 4 is 11.9 Å². The second kappa shape index (κ2) is 8.46. The third-order valence-corrected chi connectivity index (χ3v) is 2.80. The van der Waals surface area contributed by atoms with E-state index in [0.717, 1.165) is 16.8 Å². The fourth-order valence-electron chi connectivity index (χ4n) is 1.88. The molecule has 0 saturated heterocycles. The number of alkyl halides is 3. The number of rotatable bonds is 7. The van der Waals surface area contributed by atoms with E-state index >= 15 is 0 Å². The van der Waals surface area contributed by atoms with Crippen LogP contribution in [-0.2, 0) is 16.1 Å². The summed E-state index contributed by atoms with van der Waals surface area (Å²) in [7, 11) is 0. The average molecular weight is 349 g/mol. The Balaban J connectivity index is 3.08. The highest BCUT2D eigenvalue weighted by Crippen LogP contribution is 2.17. The Bertz CT molecular complexity index is 643.